The fourth-order valence-electron chi connectivity index (χ4n) is 5.94. The smallest absolute Gasteiger partial charge is 0.155 e. The summed E-state index contributed by atoms with van der Waals surface area (Å²) < 4.78 is 0. The molecule has 4 rings (SSSR count). The van der Waals surface area contributed by atoms with Crippen molar-refractivity contribution in [3.05, 3.63) is 22.8 Å². The van der Waals surface area contributed by atoms with Crippen LogP contribution in [0.3, 0.4) is 0 Å². The third kappa shape index (κ3) is 1.91. The Morgan fingerprint density at radius 1 is 1.24 bits per heavy atom. The summed E-state index contributed by atoms with van der Waals surface area (Å²) in [5, 5.41) is 10.8. The molecule has 2 nitrogen and oxygen atoms in total. The molecule has 0 aromatic heterocycles. The number of allylic oxidation sites excluding steroid dienone is 2. The predicted molar refractivity (Wildman–Crippen MR) is 82.7 cm³/mol. The van der Waals surface area contributed by atoms with Crippen LogP contribution >= 0.6 is 0 Å². The molecule has 0 saturated heterocycles. The first kappa shape index (κ1) is 13.8. The van der Waals surface area contributed by atoms with E-state index in [0.717, 1.165) is 12.8 Å². The summed E-state index contributed by atoms with van der Waals surface area (Å²) in [6.07, 6.45) is 9.03. The summed E-state index contributed by atoms with van der Waals surface area (Å²) in [5.41, 5.74) is 4.74. The second kappa shape index (κ2) is 4.55. The van der Waals surface area contributed by atoms with Gasteiger partial charge < -0.3 is 5.11 Å². The van der Waals surface area contributed by atoms with Crippen LogP contribution in [0.25, 0.3) is 0 Å². The SMILES string of the molecule is CC1=C2[C@@H]3C(O)CC4=CC(=O)CC[C@@H]4[C@H]3CC[C@]2(C)CC1. The molecule has 2 saturated carbocycles. The van der Waals surface area contributed by atoms with E-state index in [4.69, 9.17) is 0 Å². The number of rotatable bonds is 0. The number of hydrogen-bond donors (Lipinski definition) is 1. The maximum Gasteiger partial charge on any atom is 0.155 e. The van der Waals surface area contributed by atoms with Gasteiger partial charge in [-0.3, -0.25) is 4.79 Å². The summed E-state index contributed by atoms with van der Waals surface area (Å²) in [6.45, 7) is 4.70. The predicted octanol–water partition coefficient (Wildman–Crippen LogP) is 3.80. The zero-order valence-electron chi connectivity index (χ0n) is 13.2. The topological polar surface area (TPSA) is 37.3 Å². The number of aliphatic hydroxyl groups is 1. The van der Waals surface area contributed by atoms with Gasteiger partial charge in [0.05, 0.1) is 6.10 Å². The molecule has 0 aromatic carbocycles. The molecule has 1 N–H and O–H groups in total. The molecule has 0 spiro atoms. The van der Waals surface area contributed by atoms with Crippen LogP contribution in [0.4, 0.5) is 0 Å². The Labute approximate surface area is 127 Å². The highest BCUT2D eigenvalue weighted by Gasteiger charge is 2.52. The largest absolute Gasteiger partial charge is 0.392 e. The number of fused-ring (bicyclic) bond motifs is 5. The zero-order valence-corrected chi connectivity index (χ0v) is 13.2. The molecule has 0 heterocycles. The molecule has 114 valence electrons. The van der Waals surface area contributed by atoms with Crippen LogP contribution < -0.4 is 0 Å². The van der Waals surface area contributed by atoms with E-state index in [-0.39, 0.29) is 11.9 Å². The molecule has 0 amide bonds. The van der Waals surface area contributed by atoms with Crippen molar-refractivity contribution in [1.82, 2.24) is 0 Å². The highest BCUT2D eigenvalue weighted by Crippen LogP contribution is 2.61. The van der Waals surface area contributed by atoms with E-state index >= 15 is 0 Å². The fourth-order valence-corrected chi connectivity index (χ4v) is 5.94. The number of carbonyl (C=O) groups excluding carboxylic acids is 1. The summed E-state index contributed by atoms with van der Waals surface area (Å²) in [6, 6.07) is 0. The van der Waals surface area contributed by atoms with Crippen molar-refractivity contribution < 1.29 is 9.90 Å². The lowest BCUT2D eigenvalue weighted by Gasteiger charge is -2.52. The fraction of sp³-hybridized carbons (Fsp3) is 0.737. The van der Waals surface area contributed by atoms with Crippen LogP contribution in [-0.2, 0) is 4.79 Å². The lowest BCUT2D eigenvalue weighted by atomic mass is 9.53. The third-order valence-corrected chi connectivity index (χ3v) is 6.89. The quantitative estimate of drug-likeness (QED) is 0.688. The Bertz CT molecular complexity index is 556. The van der Waals surface area contributed by atoms with Crippen molar-refractivity contribution in [2.75, 3.05) is 0 Å². The van der Waals surface area contributed by atoms with Crippen LogP contribution in [0.5, 0.6) is 0 Å². The molecule has 0 radical (unpaired) electrons. The van der Waals surface area contributed by atoms with E-state index in [9.17, 15) is 9.90 Å². The summed E-state index contributed by atoms with van der Waals surface area (Å²) in [7, 11) is 0. The lowest BCUT2D eigenvalue weighted by Crippen LogP contribution is -2.47. The highest BCUT2D eigenvalue weighted by molar-refractivity contribution is 5.91. The average Bonchev–Trinajstić information content (AvgIpc) is 2.74. The average molecular weight is 286 g/mol. The molecule has 0 aromatic rings. The number of ketones is 1. The zero-order chi connectivity index (χ0) is 14.8. The van der Waals surface area contributed by atoms with Gasteiger partial charge in [0, 0.05) is 12.3 Å². The van der Waals surface area contributed by atoms with Gasteiger partial charge in [0.2, 0.25) is 0 Å². The number of hydrogen-bond acceptors (Lipinski definition) is 2. The minimum atomic E-state index is -0.272. The van der Waals surface area contributed by atoms with Crippen LogP contribution in [0, 0.1) is 23.2 Å². The van der Waals surface area contributed by atoms with Crippen LogP contribution in [-0.4, -0.2) is 17.0 Å². The van der Waals surface area contributed by atoms with E-state index in [2.05, 4.69) is 13.8 Å². The molecular formula is C19H26O2. The Morgan fingerprint density at radius 3 is 2.86 bits per heavy atom. The van der Waals surface area contributed by atoms with Gasteiger partial charge in [-0.25, -0.2) is 0 Å². The van der Waals surface area contributed by atoms with Gasteiger partial charge in [-0.15, -0.1) is 0 Å². The van der Waals surface area contributed by atoms with Gasteiger partial charge in [-0.05, 0) is 68.8 Å². The molecule has 1 unspecified atom stereocenters. The Kier molecular flexibility index (Phi) is 2.98. The monoisotopic (exact) mass is 286 g/mol. The van der Waals surface area contributed by atoms with E-state index in [0.29, 0.717) is 29.6 Å². The van der Waals surface area contributed by atoms with E-state index in [1.807, 2.05) is 6.08 Å². The molecule has 2 heteroatoms. The van der Waals surface area contributed by atoms with Crippen molar-refractivity contribution in [1.29, 1.82) is 0 Å². The lowest BCUT2D eigenvalue weighted by molar-refractivity contribution is -0.116. The molecule has 2 fully saturated rings. The summed E-state index contributed by atoms with van der Waals surface area (Å²) in [4.78, 5) is 11.7. The van der Waals surface area contributed by atoms with Crippen molar-refractivity contribution in [2.45, 2.75) is 64.9 Å². The highest BCUT2D eigenvalue weighted by atomic mass is 16.3. The molecular weight excluding hydrogens is 260 g/mol. The summed E-state index contributed by atoms with van der Waals surface area (Å²) in [5.74, 6) is 1.76. The van der Waals surface area contributed by atoms with Crippen LogP contribution in [0.2, 0.25) is 0 Å². The van der Waals surface area contributed by atoms with E-state index in [1.54, 1.807) is 11.1 Å². The van der Waals surface area contributed by atoms with Gasteiger partial charge in [0.25, 0.3) is 0 Å². The van der Waals surface area contributed by atoms with Gasteiger partial charge >= 0.3 is 0 Å². The van der Waals surface area contributed by atoms with Crippen molar-refractivity contribution in [2.24, 2.45) is 23.2 Å². The van der Waals surface area contributed by atoms with Crippen molar-refractivity contribution in [3.8, 4) is 0 Å². The normalized spacial score (nSPS) is 45.9. The molecule has 0 aliphatic heterocycles. The van der Waals surface area contributed by atoms with Crippen LogP contribution in [0.15, 0.2) is 22.8 Å². The second-order valence-corrected chi connectivity index (χ2v) is 8.09. The Balaban J connectivity index is 1.75. The minimum Gasteiger partial charge on any atom is -0.392 e. The maximum atomic E-state index is 11.7. The first-order chi connectivity index (χ1) is 9.99. The van der Waals surface area contributed by atoms with Crippen molar-refractivity contribution in [3.63, 3.8) is 0 Å². The molecule has 5 atom stereocenters. The van der Waals surface area contributed by atoms with E-state index in [1.165, 1.54) is 31.3 Å². The summed E-state index contributed by atoms with van der Waals surface area (Å²) >= 11 is 0. The maximum absolute atomic E-state index is 11.7. The molecule has 4 aliphatic rings. The molecule has 4 aliphatic carbocycles. The van der Waals surface area contributed by atoms with Gasteiger partial charge in [-0.2, -0.15) is 0 Å². The minimum absolute atomic E-state index is 0.267. The van der Waals surface area contributed by atoms with E-state index < -0.39 is 0 Å². The van der Waals surface area contributed by atoms with Gasteiger partial charge in [0.15, 0.2) is 5.78 Å². The van der Waals surface area contributed by atoms with Crippen LogP contribution in [0.1, 0.15) is 58.8 Å². The van der Waals surface area contributed by atoms with Crippen molar-refractivity contribution >= 4 is 5.78 Å². The Hall–Kier alpha value is -0.890. The Morgan fingerprint density at radius 2 is 2.05 bits per heavy atom. The molecule has 0 bridgehead atoms. The first-order valence-electron chi connectivity index (χ1n) is 8.61. The standard InChI is InChI=1S/C19H26O2/c1-11-5-7-19(2)8-6-15-14-4-3-13(20)9-12(14)10-16(21)17(15)18(11)19/h9,14-17,21H,3-8,10H2,1-2H3/t14-,15+,16?,17-,19-/m0/s1. The van der Waals surface area contributed by atoms with Gasteiger partial charge in [-0.1, -0.05) is 23.6 Å². The van der Waals surface area contributed by atoms with Gasteiger partial charge in [0.1, 0.15) is 0 Å². The number of aliphatic hydroxyl groups excluding tert-OH is 1. The first-order valence-corrected chi connectivity index (χ1v) is 8.61. The molecule has 21 heavy (non-hydrogen) atoms. The third-order valence-electron chi connectivity index (χ3n) is 6.89. The second-order valence-electron chi connectivity index (χ2n) is 8.09. The number of carbonyl (C=O) groups is 1.